The number of anilines is 1. The van der Waals surface area contributed by atoms with Crippen LogP contribution in [0.2, 0.25) is 0 Å². The largest absolute Gasteiger partial charge is 0.377 e. The fourth-order valence-electron chi connectivity index (χ4n) is 3.72. The smallest absolute Gasteiger partial charge is 0.269 e. The zero-order chi connectivity index (χ0) is 16.0. The van der Waals surface area contributed by atoms with Gasteiger partial charge in [0.25, 0.3) is 5.69 Å². The van der Waals surface area contributed by atoms with Crippen molar-refractivity contribution in [3.8, 4) is 0 Å². The number of benzene rings is 2. The highest BCUT2D eigenvalue weighted by atomic mass is 127. The molecular formula is C18H15IN2O2. The standard InChI is InChI=1S/C18H15IN2O2/c19-16-6-2-5-15-13-3-1-4-14(13)17(20-18(15)16)11-7-9-12(10-8-11)21(22)23/h1-3,5-10,13-14,17,20H,4H2/t13-,14-,17-/m0/s1. The van der Waals surface area contributed by atoms with E-state index in [0.717, 1.165) is 12.0 Å². The Morgan fingerprint density at radius 1 is 1.17 bits per heavy atom. The van der Waals surface area contributed by atoms with E-state index in [2.05, 4.69) is 58.3 Å². The van der Waals surface area contributed by atoms with Gasteiger partial charge in [0.1, 0.15) is 0 Å². The average molecular weight is 418 g/mol. The van der Waals surface area contributed by atoms with Gasteiger partial charge in [0.15, 0.2) is 0 Å². The zero-order valence-corrected chi connectivity index (χ0v) is 14.4. The maximum atomic E-state index is 10.9. The number of nitrogens with zero attached hydrogens (tertiary/aromatic N) is 1. The molecule has 23 heavy (non-hydrogen) atoms. The van der Waals surface area contributed by atoms with Gasteiger partial charge in [-0.25, -0.2) is 0 Å². The molecule has 4 nitrogen and oxygen atoms in total. The van der Waals surface area contributed by atoms with E-state index in [1.807, 2.05) is 12.1 Å². The zero-order valence-electron chi connectivity index (χ0n) is 12.3. The topological polar surface area (TPSA) is 55.2 Å². The minimum Gasteiger partial charge on any atom is -0.377 e. The number of hydrogen-bond acceptors (Lipinski definition) is 3. The highest BCUT2D eigenvalue weighted by molar-refractivity contribution is 14.1. The van der Waals surface area contributed by atoms with E-state index < -0.39 is 0 Å². The molecule has 1 heterocycles. The second kappa shape index (κ2) is 5.63. The molecule has 0 aromatic heterocycles. The van der Waals surface area contributed by atoms with Gasteiger partial charge in [-0.15, -0.1) is 0 Å². The summed E-state index contributed by atoms with van der Waals surface area (Å²) in [4.78, 5) is 10.5. The number of halogens is 1. The fraction of sp³-hybridized carbons (Fsp3) is 0.222. The molecular weight excluding hydrogens is 403 g/mol. The van der Waals surface area contributed by atoms with Crippen molar-refractivity contribution in [1.82, 2.24) is 0 Å². The molecule has 2 aromatic carbocycles. The summed E-state index contributed by atoms with van der Waals surface area (Å²) in [5.41, 5.74) is 3.80. The third-order valence-electron chi connectivity index (χ3n) is 4.81. The Hall–Kier alpha value is -1.89. The lowest BCUT2D eigenvalue weighted by atomic mass is 9.77. The molecule has 0 unspecified atom stereocenters. The van der Waals surface area contributed by atoms with E-state index in [0.29, 0.717) is 11.8 Å². The van der Waals surface area contributed by atoms with Crippen LogP contribution in [0.25, 0.3) is 0 Å². The third kappa shape index (κ3) is 2.43. The number of nitro groups is 1. The molecule has 0 amide bonds. The SMILES string of the molecule is O=[N+]([O-])c1ccc([C@@H]2Nc3c(I)cccc3[C@H]3C=CC[C@@H]32)cc1. The normalized spacial score (nSPS) is 24.7. The first-order valence-corrected chi connectivity index (χ1v) is 8.69. The Bertz CT molecular complexity index is 801. The number of nitrogens with one attached hydrogen (secondary N) is 1. The summed E-state index contributed by atoms with van der Waals surface area (Å²) in [5.74, 6) is 0.878. The summed E-state index contributed by atoms with van der Waals surface area (Å²) >= 11 is 2.36. The van der Waals surface area contributed by atoms with Crippen molar-refractivity contribution in [3.63, 3.8) is 0 Å². The van der Waals surface area contributed by atoms with Crippen molar-refractivity contribution in [3.05, 3.63) is 79.4 Å². The number of nitro benzene ring substituents is 1. The second-order valence-corrected chi connectivity index (χ2v) is 7.19. The molecule has 1 N–H and O–H groups in total. The predicted molar refractivity (Wildman–Crippen MR) is 98.6 cm³/mol. The predicted octanol–water partition coefficient (Wildman–Crippen LogP) is 5.03. The van der Waals surface area contributed by atoms with Gasteiger partial charge in [-0.1, -0.05) is 36.4 Å². The first-order chi connectivity index (χ1) is 11.1. The average Bonchev–Trinajstić information content (AvgIpc) is 3.04. The van der Waals surface area contributed by atoms with Gasteiger partial charge in [-0.05, 0) is 52.1 Å². The maximum absolute atomic E-state index is 10.9. The van der Waals surface area contributed by atoms with Gasteiger partial charge >= 0.3 is 0 Å². The van der Waals surface area contributed by atoms with Gasteiger partial charge in [-0.2, -0.15) is 0 Å². The first kappa shape index (κ1) is 14.7. The number of para-hydroxylation sites is 1. The van der Waals surface area contributed by atoms with Crippen molar-refractivity contribution in [2.24, 2.45) is 5.92 Å². The Morgan fingerprint density at radius 3 is 2.70 bits per heavy atom. The van der Waals surface area contributed by atoms with Crippen LogP contribution in [-0.4, -0.2) is 4.92 Å². The van der Waals surface area contributed by atoms with Crippen LogP contribution in [0.1, 0.15) is 29.5 Å². The molecule has 1 aliphatic carbocycles. The van der Waals surface area contributed by atoms with Crippen LogP contribution in [0.15, 0.2) is 54.6 Å². The van der Waals surface area contributed by atoms with E-state index in [-0.39, 0.29) is 16.7 Å². The Kier molecular flexibility index (Phi) is 3.60. The molecule has 0 radical (unpaired) electrons. The lowest BCUT2D eigenvalue weighted by molar-refractivity contribution is -0.384. The molecule has 5 heteroatoms. The summed E-state index contributed by atoms with van der Waals surface area (Å²) in [6, 6.07) is 13.6. The molecule has 0 bridgehead atoms. The molecule has 1 aliphatic heterocycles. The molecule has 0 fully saturated rings. The number of non-ortho nitro benzene ring substituents is 1. The van der Waals surface area contributed by atoms with E-state index in [1.165, 1.54) is 14.8 Å². The first-order valence-electron chi connectivity index (χ1n) is 7.61. The molecule has 2 aromatic rings. The Labute approximate surface area is 147 Å². The van der Waals surface area contributed by atoms with Crippen LogP contribution in [0.5, 0.6) is 0 Å². The molecule has 116 valence electrons. The van der Waals surface area contributed by atoms with Crippen molar-refractivity contribution in [2.75, 3.05) is 5.32 Å². The Balaban J connectivity index is 1.75. The molecule has 0 saturated heterocycles. The molecule has 0 saturated carbocycles. The number of hydrogen-bond donors (Lipinski definition) is 1. The van der Waals surface area contributed by atoms with E-state index in [4.69, 9.17) is 0 Å². The summed E-state index contributed by atoms with van der Waals surface area (Å²) in [7, 11) is 0. The van der Waals surface area contributed by atoms with Crippen LogP contribution in [0.3, 0.4) is 0 Å². The van der Waals surface area contributed by atoms with Crippen molar-refractivity contribution in [2.45, 2.75) is 18.4 Å². The summed E-state index contributed by atoms with van der Waals surface area (Å²) < 4.78 is 1.21. The van der Waals surface area contributed by atoms with Gasteiger partial charge in [-0.3, -0.25) is 10.1 Å². The Morgan fingerprint density at radius 2 is 1.96 bits per heavy atom. The quantitative estimate of drug-likeness (QED) is 0.322. The highest BCUT2D eigenvalue weighted by Gasteiger charge is 2.38. The van der Waals surface area contributed by atoms with E-state index >= 15 is 0 Å². The van der Waals surface area contributed by atoms with E-state index in [1.54, 1.807) is 12.1 Å². The number of rotatable bonds is 2. The van der Waals surface area contributed by atoms with Crippen LogP contribution < -0.4 is 5.32 Å². The van der Waals surface area contributed by atoms with Gasteiger partial charge in [0, 0.05) is 21.6 Å². The highest BCUT2D eigenvalue weighted by Crippen LogP contribution is 2.50. The van der Waals surface area contributed by atoms with Crippen molar-refractivity contribution in [1.29, 1.82) is 0 Å². The van der Waals surface area contributed by atoms with Crippen LogP contribution in [-0.2, 0) is 0 Å². The van der Waals surface area contributed by atoms with Gasteiger partial charge < -0.3 is 5.32 Å². The number of fused-ring (bicyclic) bond motifs is 3. The van der Waals surface area contributed by atoms with Crippen molar-refractivity contribution < 1.29 is 4.92 Å². The maximum Gasteiger partial charge on any atom is 0.269 e. The molecule has 0 spiro atoms. The second-order valence-electron chi connectivity index (χ2n) is 6.03. The molecule has 4 rings (SSSR count). The van der Waals surface area contributed by atoms with E-state index in [9.17, 15) is 10.1 Å². The lowest BCUT2D eigenvalue weighted by Crippen LogP contribution is -2.29. The summed E-state index contributed by atoms with van der Waals surface area (Å²) in [5, 5.41) is 14.5. The van der Waals surface area contributed by atoms with Crippen LogP contribution in [0.4, 0.5) is 11.4 Å². The van der Waals surface area contributed by atoms with Crippen LogP contribution >= 0.6 is 22.6 Å². The lowest BCUT2D eigenvalue weighted by Gasteiger charge is -2.38. The third-order valence-corrected chi connectivity index (χ3v) is 5.71. The van der Waals surface area contributed by atoms with Gasteiger partial charge in [0.05, 0.1) is 16.7 Å². The van der Waals surface area contributed by atoms with Crippen molar-refractivity contribution >= 4 is 34.0 Å². The molecule has 2 aliphatic rings. The van der Waals surface area contributed by atoms with Crippen LogP contribution in [0, 0.1) is 19.6 Å². The monoisotopic (exact) mass is 418 g/mol. The fourth-order valence-corrected chi connectivity index (χ4v) is 4.39. The minimum absolute atomic E-state index is 0.139. The number of allylic oxidation sites excluding steroid dienone is 2. The molecule has 3 atom stereocenters. The van der Waals surface area contributed by atoms with Gasteiger partial charge in [0.2, 0.25) is 0 Å². The summed E-state index contributed by atoms with van der Waals surface area (Å²) in [6.07, 6.45) is 5.59. The summed E-state index contributed by atoms with van der Waals surface area (Å²) in [6.45, 7) is 0. The minimum atomic E-state index is -0.351.